The molecule has 1 aromatic carbocycles. The lowest BCUT2D eigenvalue weighted by Gasteiger charge is -2.06. The van der Waals surface area contributed by atoms with E-state index in [1.165, 1.54) is 19.1 Å². The lowest BCUT2D eigenvalue weighted by atomic mass is 10.3. The van der Waals surface area contributed by atoms with Gasteiger partial charge in [-0.15, -0.1) is 3.89 Å². The van der Waals surface area contributed by atoms with E-state index in [0.717, 1.165) is 12.1 Å². The summed E-state index contributed by atoms with van der Waals surface area (Å²) in [6.07, 6.45) is 0. The largest absolute Gasteiger partial charge is 0.493 e. The quantitative estimate of drug-likeness (QED) is 0.736. The van der Waals surface area contributed by atoms with Crippen LogP contribution in [0.1, 0.15) is 6.92 Å². The van der Waals surface area contributed by atoms with Crippen LogP contribution >= 0.6 is 0 Å². The molecule has 18 heavy (non-hydrogen) atoms. The number of hydrogen-bond donors (Lipinski definition) is 0. The van der Waals surface area contributed by atoms with Crippen LogP contribution in [0.3, 0.4) is 0 Å². The van der Waals surface area contributed by atoms with Crippen molar-refractivity contribution in [2.24, 2.45) is 0 Å². The molecule has 0 unspecified atom stereocenters. The number of hydrogen-bond acceptors (Lipinski definition) is 5. The molecule has 0 N–H and O–H groups in total. The van der Waals surface area contributed by atoms with Gasteiger partial charge in [0.1, 0.15) is 12.4 Å². The van der Waals surface area contributed by atoms with E-state index in [0.29, 0.717) is 0 Å². The van der Waals surface area contributed by atoms with Crippen LogP contribution in [0.15, 0.2) is 29.2 Å². The van der Waals surface area contributed by atoms with Crippen molar-refractivity contribution in [1.29, 1.82) is 0 Å². The van der Waals surface area contributed by atoms with Crippen molar-refractivity contribution in [3.05, 3.63) is 24.3 Å². The van der Waals surface area contributed by atoms with Gasteiger partial charge in [-0.2, -0.15) is 8.42 Å². The second-order valence-electron chi connectivity index (χ2n) is 3.49. The molecule has 0 radical (unpaired) electrons. The molecule has 0 heterocycles. The SMILES string of the molecule is CCS(=O)(=O)CCOc1ccc(S(=O)(=O)F)cc1. The van der Waals surface area contributed by atoms with Gasteiger partial charge in [0.05, 0.1) is 10.6 Å². The fourth-order valence-corrected chi connectivity index (χ4v) is 2.22. The standard InChI is InChI=1S/C10H13FO5S2/c1-2-17(12,13)8-7-16-9-3-5-10(6-4-9)18(11,14)15/h3-6H,2,7-8H2,1H3. The minimum atomic E-state index is -4.72. The highest BCUT2D eigenvalue weighted by Crippen LogP contribution is 2.17. The first-order valence-electron chi connectivity index (χ1n) is 5.12. The normalized spacial score (nSPS) is 12.3. The maximum atomic E-state index is 12.6. The van der Waals surface area contributed by atoms with E-state index < -0.39 is 25.0 Å². The van der Waals surface area contributed by atoms with Gasteiger partial charge in [0.25, 0.3) is 0 Å². The molecule has 0 aromatic heterocycles. The first-order chi connectivity index (χ1) is 8.24. The topological polar surface area (TPSA) is 77.5 Å². The average Bonchev–Trinajstić information content (AvgIpc) is 2.28. The molecule has 0 aliphatic rings. The molecule has 0 aliphatic heterocycles. The van der Waals surface area contributed by atoms with Gasteiger partial charge in [-0.1, -0.05) is 6.92 Å². The number of benzene rings is 1. The van der Waals surface area contributed by atoms with Crippen LogP contribution in [0.4, 0.5) is 3.89 Å². The Morgan fingerprint density at radius 2 is 1.67 bits per heavy atom. The van der Waals surface area contributed by atoms with Crippen LogP contribution in [-0.4, -0.2) is 34.9 Å². The minimum Gasteiger partial charge on any atom is -0.493 e. The maximum Gasteiger partial charge on any atom is 0.332 e. The Hall–Kier alpha value is -1.15. The molecule has 0 amide bonds. The molecule has 1 rings (SSSR count). The number of sulfone groups is 1. The summed E-state index contributed by atoms with van der Waals surface area (Å²) in [6, 6.07) is 4.65. The summed E-state index contributed by atoms with van der Waals surface area (Å²) < 4.78 is 61.1. The highest BCUT2D eigenvalue weighted by molar-refractivity contribution is 7.91. The molecule has 0 fully saturated rings. The van der Waals surface area contributed by atoms with E-state index in [9.17, 15) is 20.7 Å². The average molecular weight is 296 g/mol. The molecular weight excluding hydrogens is 283 g/mol. The zero-order chi connectivity index (χ0) is 13.8. The number of rotatable bonds is 6. The Labute approximate surface area is 106 Å². The van der Waals surface area contributed by atoms with Crippen LogP contribution < -0.4 is 4.74 Å². The predicted octanol–water partition coefficient (Wildman–Crippen LogP) is 1.16. The molecular formula is C10H13FO5S2. The third-order valence-electron chi connectivity index (χ3n) is 2.21. The van der Waals surface area contributed by atoms with E-state index in [1.54, 1.807) is 0 Å². The van der Waals surface area contributed by atoms with E-state index in [-0.39, 0.29) is 23.9 Å². The Morgan fingerprint density at radius 3 is 2.11 bits per heavy atom. The Balaban J connectivity index is 2.61. The zero-order valence-corrected chi connectivity index (χ0v) is 11.3. The monoisotopic (exact) mass is 296 g/mol. The summed E-state index contributed by atoms with van der Waals surface area (Å²) in [6.45, 7) is 1.51. The van der Waals surface area contributed by atoms with E-state index >= 15 is 0 Å². The van der Waals surface area contributed by atoms with Gasteiger partial charge in [-0.3, -0.25) is 0 Å². The summed E-state index contributed by atoms with van der Waals surface area (Å²) in [5.74, 6) is 0.205. The van der Waals surface area contributed by atoms with Crippen LogP contribution in [0.25, 0.3) is 0 Å². The summed E-state index contributed by atoms with van der Waals surface area (Å²) in [7, 11) is -7.82. The van der Waals surface area contributed by atoms with Crippen molar-refractivity contribution in [3.63, 3.8) is 0 Å². The number of ether oxygens (including phenoxy) is 1. The molecule has 5 nitrogen and oxygen atoms in total. The third-order valence-corrected chi connectivity index (χ3v) is 4.71. The van der Waals surface area contributed by atoms with Crippen molar-refractivity contribution >= 4 is 20.1 Å². The fourth-order valence-electron chi connectivity index (χ4n) is 1.13. The summed E-state index contributed by atoms with van der Waals surface area (Å²) in [5.41, 5.74) is 0. The van der Waals surface area contributed by atoms with E-state index in [4.69, 9.17) is 4.74 Å². The fraction of sp³-hybridized carbons (Fsp3) is 0.400. The highest BCUT2D eigenvalue weighted by atomic mass is 32.3. The van der Waals surface area contributed by atoms with Crippen molar-refractivity contribution in [3.8, 4) is 5.75 Å². The van der Waals surface area contributed by atoms with Gasteiger partial charge in [0, 0.05) is 5.75 Å². The second-order valence-corrected chi connectivity index (χ2v) is 7.31. The predicted molar refractivity (Wildman–Crippen MR) is 64.6 cm³/mol. The molecule has 0 saturated carbocycles. The van der Waals surface area contributed by atoms with Gasteiger partial charge < -0.3 is 4.74 Å². The van der Waals surface area contributed by atoms with Crippen LogP contribution in [0, 0.1) is 0 Å². The van der Waals surface area contributed by atoms with Gasteiger partial charge >= 0.3 is 10.2 Å². The van der Waals surface area contributed by atoms with Crippen LogP contribution in [0.5, 0.6) is 5.75 Å². The lowest BCUT2D eigenvalue weighted by molar-refractivity contribution is 0.340. The summed E-state index contributed by atoms with van der Waals surface area (Å²) >= 11 is 0. The smallest absolute Gasteiger partial charge is 0.332 e. The molecule has 0 aliphatic carbocycles. The first-order valence-corrected chi connectivity index (χ1v) is 8.33. The van der Waals surface area contributed by atoms with Crippen molar-refractivity contribution in [2.75, 3.05) is 18.1 Å². The molecule has 0 spiro atoms. The molecule has 1 aromatic rings. The van der Waals surface area contributed by atoms with Crippen molar-refractivity contribution in [1.82, 2.24) is 0 Å². The Bertz CT molecular complexity index is 590. The van der Waals surface area contributed by atoms with Gasteiger partial charge in [0.2, 0.25) is 0 Å². The first kappa shape index (κ1) is 14.9. The summed E-state index contributed by atoms with van der Waals surface area (Å²) in [5, 5.41) is 0. The van der Waals surface area contributed by atoms with Crippen molar-refractivity contribution < 1.29 is 25.5 Å². The van der Waals surface area contributed by atoms with Crippen molar-refractivity contribution in [2.45, 2.75) is 11.8 Å². The Morgan fingerprint density at radius 1 is 1.11 bits per heavy atom. The maximum absolute atomic E-state index is 12.6. The molecule has 8 heteroatoms. The molecule has 0 atom stereocenters. The lowest BCUT2D eigenvalue weighted by Crippen LogP contribution is -2.15. The zero-order valence-electron chi connectivity index (χ0n) is 9.67. The van der Waals surface area contributed by atoms with Gasteiger partial charge in [0.15, 0.2) is 9.84 Å². The third kappa shape index (κ3) is 4.61. The molecule has 0 saturated heterocycles. The van der Waals surface area contributed by atoms with E-state index in [2.05, 4.69) is 0 Å². The van der Waals surface area contributed by atoms with Crippen LogP contribution in [-0.2, 0) is 20.1 Å². The van der Waals surface area contributed by atoms with Gasteiger partial charge in [-0.25, -0.2) is 8.42 Å². The van der Waals surface area contributed by atoms with Crippen LogP contribution in [0.2, 0.25) is 0 Å². The number of halogens is 1. The van der Waals surface area contributed by atoms with Gasteiger partial charge in [-0.05, 0) is 24.3 Å². The minimum absolute atomic E-state index is 0.0299. The molecule has 0 bridgehead atoms. The summed E-state index contributed by atoms with van der Waals surface area (Å²) in [4.78, 5) is -0.462. The second kappa shape index (κ2) is 5.66. The van der Waals surface area contributed by atoms with E-state index in [1.807, 2.05) is 0 Å². The Kier molecular flexibility index (Phi) is 4.69. The highest BCUT2D eigenvalue weighted by Gasteiger charge is 2.11. The molecule has 102 valence electrons.